The van der Waals surface area contributed by atoms with Crippen molar-refractivity contribution in [2.24, 2.45) is 0 Å². The highest BCUT2D eigenvalue weighted by atomic mass is 79.9. The molecule has 0 aromatic heterocycles. The number of aryl methyl sites for hydroxylation is 1. The van der Waals surface area contributed by atoms with E-state index in [0.717, 1.165) is 29.4 Å². The molecule has 25 heavy (non-hydrogen) atoms. The third-order valence-corrected chi connectivity index (χ3v) is 5.67. The Hall–Kier alpha value is -1.69. The van der Waals surface area contributed by atoms with E-state index in [2.05, 4.69) is 50.3 Å². The van der Waals surface area contributed by atoms with Gasteiger partial charge in [0.25, 0.3) is 0 Å². The Morgan fingerprint density at radius 2 is 1.84 bits per heavy atom. The Kier molecular flexibility index (Phi) is 4.88. The fraction of sp³-hybridized carbons (Fsp3) is 0.350. The van der Waals surface area contributed by atoms with Gasteiger partial charge in [0.15, 0.2) is 0 Å². The van der Waals surface area contributed by atoms with E-state index in [4.69, 9.17) is 0 Å². The standard InChI is InChI=1S/C20H22BrN3O/c21-15-10-8-14(9-11-15)18-12-19(24-23-18)20(25)22-17-7-3-5-13-4-1-2-6-16(13)17/h3,5,7-11,18-19,23-24H,1-2,4,6,12H2,(H,22,25). The van der Waals surface area contributed by atoms with Crippen molar-refractivity contribution in [1.82, 2.24) is 10.9 Å². The average Bonchev–Trinajstić information content (AvgIpc) is 3.13. The summed E-state index contributed by atoms with van der Waals surface area (Å²) in [6.45, 7) is 0. The minimum Gasteiger partial charge on any atom is -0.324 e. The van der Waals surface area contributed by atoms with E-state index in [1.807, 2.05) is 24.3 Å². The molecule has 4 nitrogen and oxygen atoms in total. The van der Waals surface area contributed by atoms with Gasteiger partial charge in [0.1, 0.15) is 6.04 Å². The summed E-state index contributed by atoms with van der Waals surface area (Å²) in [6.07, 6.45) is 5.36. The first-order chi connectivity index (χ1) is 12.2. The molecule has 2 unspecified atom stereocenters. The molecule has 0 spiro atoms. The largest absolute Gasteiger partial charge is 0.324 e. The van der Waals surface area contributed by atoms with Crippen LogP contribution in [0.15, 0.2) is 46.9 Å². The van der Waals surface area contributed by atoms with E-state index in [1.165, 1.54) is 29.5 Å². The lowest BCUT2D eigenvalue weighted by atomic mass is 9.90. The molecule has 1 fully saturated rings. The SMILES string of the molecule is O=C(Nc1cccc2c1CCCC2)C1CC(c2ccc(Br)cc2)NN1. The second-order valence-electron chi connectivity index (χ2n) is 6.82. The van der Waals surface area contributed by atoms with Crippen molar-refractivity contribution in [3.05, 3.63) is 63.6 Å². The molecule has 4 rings (SSSR count). The van der Waals surface area contributed by atoms with E-state index in [-0.39, 0.29) is 18.0 Å². The first-order valence-electron chi connectivity index (χ1n) is 8.89. The van der Waals surface area contributed by atoms with Crippen molar-refractivity contribution in [3.8, 4) is 0 Å². The third-order valence-electron chi connectivity index (χ3n) is 5.15. The maximum atomic E-state index is 12.7. The van der Waals surface area contributed by atoms with Crippen molar-refractivity contribution >= 4 is 27.5 Å². The summed E-state index contributed by atoms with van der Waals surface area (Å²) in [4.78, 5) is 12.7. The van der Waals surface area contributed by atoms with Gasteiger partial charge in [-0.3, -0.25) is 4.79 Å². The number of carbonyl (C=O) groups excluding carboxylic acids is 1. The summed E-state index contributed by atoms with van der Waals surface area (Å²) in [5.74, 6) is 0.0334. The second-order valence-corrected chi connectivity index (χ2v) is 7.74. The predicted octanol–water partition coefficient (Wildman–Crippen LogP) is 3.87. The predicted molar refractivity (Wildman–Crippen MR) is 103 cm³/mol. The number of rotatable bonds is 3. The minimum atomic E-state index is -0.229. The number of amides is 1. The first-order valence-corrected chi connectivity index (χ1v) is 9.68. The molecule has 130 valence electrons. The van der Waals surface area contributed by atoms with Gasteiger partial charge in [-0.15, -0.1) is 0 Å². The molecule has 2 aliphatic rings. The molecule has 1 amide bonds. The summed E-state index contributed by atoms with van der Waals surface area (Å²) in [5.41, 5.74) is 11.3. The Balaban J connectivity index is 1.43. The van der Waals surface area contributed by atoms with Crippen LogP contribution < -0.4 is 16.2 Å². The Morgan fingerprint density at radius 1 is 1.04 bits per heavy atom. The lowest BCUT2D eigenvalue weighted by Crippen LogP contribution is -2.39. The zero-order valence-corrected chi connectivity index (χ0v) is 15.6. The number of hydrazine groups is 1. The maximum Gasteiger partial charge on any atom is 0.242 e. The highest BCUT2D eigenvalue weighted by molar-refractivity contribution is 9.10. The number of fused-ring (bicyclic) bond motifs is 1. The first kappa shape index (κ1) is 16.8. The van der Waals surface area contributed by atoms with Crippen molar-refractivity contribution < 1.29 is 4.79 Å². The average molecular weight is 400 g/mol. The van der Waals surface area contributed by atoms with Crippen LogP contribution in [0.1, 0.15) is 42.0 Å². The molecule has 0 bridgehead atoms. The molecule has 2 aromatic carbocycles. The van der Waals surface area contributed by atoms with Gasteiger partial charge in [-0.2, -0.15) is 0 Å². The van der Waals surface area contributed by atoms with E-state index in [0.29, 0.717) is 0 Å². The van der Waals surface area contributed by atoms with Gasteiger partial charge < -0.3 is 5.32 Å². The molecule has 1 aliphatic heterocycles. The molecule has 0 saturated carbocycles. The van der Waals surface area contributed by atoms with E-state index >= 15 is 0 Å². The van der Waals surface area contributed by atoms with Crippen molar-refractivity contribution in [3.63, 3.8) is 0 Å². The number of carbonyl (C=O) groups is 1. The number of halogens is 1. The summed E-state index contributed by atoms with van der Waals surface area (Å²) in [7, 11) is 0. The molecule has 2 atom stereocenters. The fourth-order valence-electron chi connectivity index (χ4n) is 3.76. The van der Waals surface area contributed by atoms with Crippen LogP contribution in [-0.2, 0) is 17.6 Å². The van der Waals surface area contributed by atoms with Gasteiger partial charge in [0, 0.05) is 16.2 Å². The Bertz CT molecular complexity index is 775. The molecule has 1 saturated heterocycles. The number of anilines is 1. The Labute approximate surface area is 156 Å². The van der Waals surface area contributed by atoms with Gasteiger partial charge in [0.05, 0.1) is 0 Å². The van der Waals surface area contributed by atoms with Crippen LogP contribution in [0.25, 0.3) is 0 Å². The quantitative estimate of drug-likeness (QED) is 0.733. The van der Waals surface area contributed by atoms with Crippen LogP contribution in [0.5, 0.6) is 0 Å². The van der Waals surface area contributed by atoms with E-state index in [1.54, 1.807) is 0 Å². The van der Waals surface area contributed by atoms with Gasteiger partial charge in [0.2, 0.25) is 5.91 Å². The second kappa shape index (κ2) is 7.28. The highest BCUT2D eigenvalue weighted by Gasteiger charge is 2.30. The monoisotopic (exact) mass is 399 g/mol. The summed E-state index contributed by atoms with van der Waals surface area (Å²) in [5, 5.41) is 3.14. The highest BCUT2D eigenvalue weighted by Crippen LogP contribution is 2.29. The summed E-state index contributed by atoms with van der Waals surface area (Å²) < 4.78 is 1.06. The molecule has 1 aliphatic carbocycles. The van der Waals surface area contributed by atoms with Gasteiger partial charge in [-0.05, 0) is 67.0 Å². The summed E-state index contributed by atoms with van der Waals surface area (Å²) >= 11 is 3.46. The van der Waals surface area contributed by atoms with Crippen LogP contribution in [0, 0.1) is 0 Å². The van der Waals surface area contributed by atoms with Crippen LogP contribution in [0.2, 0.25) is 0 Å². The number of hydrogen-bond donors (Lipinski definition) is 3. The van der Waals surface area contributed by atoms with Crippen LogP contribution >= 0.6 is 15.9 Å². The van der Waals surface area contributed by atoms with Crippen LogP contribution in [0.4, 0.5) is 5.69 Å². The van der Waals surface area contributed by atoms with Crippen LogP contribution in [-0.4, -0.2) is 11.9 Å². The molecule has 1 heterocycles. The maximum absolute atomic E-state index is 12.7. The molecule has 2 aromatic rings. The lowest BCUT2D eigenvalue weighted by Gasteiger charge is -2.20. The van der Waals surface area contributed by atoms with Crippen LogP contribution in [0.3, 0.4) is 0 Å². The van der Waals surface area contributed by atoms with Gasteiger partial charge >= 0.3 is 0 Å². The Morgan fingerprint density at radius 3 is 2.68 bits per heavy atom. The number of nitrogens with one attached hydrogen (secondary N) is 3. The van der Waals surface area contributed by atoms with Crippen molar-refractivity contribution in [2.45, 2.75) is 44.2 Å². The fourth-order valence-corrected chi connectivity index (χ4v) is 4.02. The van der Waals surface area contributed by atoms with E-state index < -0.39 is 0 Å². The molecular formula is C20H22BrN3O. The minimum absolute atomic E-state index is 0.0334. The molecular weight excluding hydrogens is 378 g/mol. The summed E-state index contributed by atoms with van der Waals surface area (Å²) in [6, 6.07) is 14.4. The van der Waals surface area contributed by atoms with Gasteiger partial charge in [-0.25, -0.2) is 10.9 Å². The smallest absolute Gasteiger partial charge is 0.242 e. The van der Waals surface area contributed by atoms with Crippen molar-refractivity contribution in [1.29, 1.82) is 0 Å². The number of hydrogen-bond acceptors (Lipinski definition) is 3. The lowest BCUT2D eigenvalue weighted by molar-refractivity contribution is -0.117. The normalized spacial score (nSPS) is 22.4. The van der Waals surface area contributed by atoms with E-state index in [9.17, 15) is 4.79 Å². The number of benzene rings is 2. The third kappa shape index (κ3) is 3.64. The zero-order valence-electron chi connectivity index (χ0n) is 14.0. The molecule has 5 heteroatoms. The topological polar surface area (TPSA) is 53.2 Å². The molecule has 3 N–H and O–H groups in total. The zero-order chi connectivity index (χ0) is 17.2. The van der Waals surface area contributed by atoms with Gasteiger partial charge in [-0.1, -0.05) is 40.2 Å². The van der Waals surface area contributed by atoms with Crippen molar-refractivity contribution in [2.75, 3.05) is 5.32 Å². The molecule has 0 radical (unpaired) electrons.